The van der Waals surface area contributed by atoms with Crippen LogP contribution >= 0.6 is 0 Å². The van der Waals surface area contributed by atoms with E-state index in [1.165, 1.54) is 30.2 Å². The van der Waals surface area contributed by atoms with Gasteiger partial charge in [0.1, 0.15) is 11.6 Å². The highest BCUT2D eigenvalue weighted by Crippen LogP contribution is 2.27. The molecule has 1 aromatic rings. The molecular formula is C14H17FN2O4. The summed E-state index contributed by atoms with van der Waals surface area (Å²) in [4.78, 5) is 24.5. The summed E-state index contributed by atoms with van der Waals surface area (Å²) in [5.74, 6) is -1.17. The fourth-order valence-corrected chi connectivity index (χ4v) is 2.47. The number of methoxy groups -OCH3 is 1. The molecule has 7 heteroatoms. The molecule has 0 aliphatic carbocycles. The van der Waals surface area contributed by atoms with E-state index in [9.17, 15) is 14.0 Å². The van der Waals surface area contributed by atoms with Crippen molar-refractivity contribution in [2.24, 2.45) is 0 Å². The van der Waals surface area contributed by atoms with Crippen molar-refractivity contribution in [3.05, 3.63) is 24.0 Å². The molecule has 21 heavy (non-hydrogen) atoms. The van der Waals surface area contributed by atoms with Gasteiger partial charge in [0.05, 0.1) is 19.2 Å². The molecule has 1 fully saturated rings. The van der Waals surface area contributed by atoms with Gasteiger partial charge in [-0.2, -0.15) is 0 Å². The van der Waals surface area contributed by atoms with Crippen molar-refractivity contribution in [3.63, 3.8) is 0 Å². The number of likely N-dealkylation sites (tertiary alicyclic amines) is 1. The summed E-state index contributed by atoms with van der Waals surface area (Å²) < 4.78 is 18.1. The third kappa shape index (κ3) is 3.62. The normalized spacial score (nSPS) is 17.6. The van der Waals surface area contributed by atoms with E-state index in [4.69, 9.17) is 9.84 Å². The number of halogens is 1. The smallest absolute Gasteiger partial charge is 0.322 e. The first-order chi connectivity index (χ1) is 10.0. The lowest BCUT2D eigenvalue weighted by Gasteiger charge is -2.24. The molecular weight excluding hydrogens is 279 g/mol. The van der Waals surface area contributed by atoms with Crippen LogP contribution in [0.1, 0.15) is 19.3 Å². The van der Waals surface area contributed by atoms with Crippen LogP contribution in [0.25, 0.3) is 0 Å². The van der Waals surface area contributed by atoms with Crippen LogP contribution in [0.3, 0.4) is 0 Å². The minimum atomic E-state index is -0.931. The van der Waals surface area contributed by atoms with Crippen LogP contribution in [-0.4, -0.2) is 41.7 Å². The van der Waals surface area contributed by atoms with Crippen LogP contribution < -0.4 is 10.1 Å². The van der Waals surface area contributed by atoms with Crippen molar-refractivity contribution < 1.29 is 23.8 Å². The molecule has 2 amide bonds. The largest absolute Gasteiger partial charge is 0.494 e. The van der Waals surface area contributed by atoms with Gasteiger partial charge >= 0.3 is 12.0 Å². The first kappa shape index (κ1) is 15.1. The predicted molar refractivity (Wildman–Crippen MR) is 74.0 cm³/mol. The maximum atomic E-state index is 13.1. The van der Waals surface area contributed by atoms with Crippen molar-refractivity contribution >= 4 is 17.7 Å². The minimum Gasteiger partial charge on any atom is -0.494 e. The highest BCUT2D eigenvalue weighted by atomic mass is 19.1. The number of amides is 2. The van der Waals surface area contributed by atoms with E-state index in [-0.39, 0.29) is 18.2 Å². The number of carboxylic acid groups (broad SMARTS) is 1. The molecule has 0 aromatic heterocycles. The van der Waals surface area contributed by atoms with Gasteiger partial charge in [0, 0.05) is 18.7 Å². The van der Waals surface area contributed by atoms with Crippen molar-refractivity contribution in [2.45, 2.75) is 25.3 Å². The number of carbonyl (C=O) groups is 2. The Kier molecular flexibility index (Phi) is 4.62. The zero-order chi connectivity index (χ0) is 15.4. The second-order valence-electron chi connectivity index (χ2n) is 4.86. The number of hydrogen-bond acceptors (Lipinski definition) is 3. The Hall–Kier alpha value is -2.31. The number of hydrogen-bond donors (Lipinski definition) is 2. The molecule has 1 atom stereocenters. The van der Waals surface area contributed by atoms with Gasteiger partial charge < -0.3 is 20.1 Å². The van der Waals surface area contributed by atoms with E-state index in [0.717, 1.165) is 6.42 Å². The van der Waals surface area contributed by atoms with Gasteiger partial charge in [0.2, 0.25) is 0 Å². The molecule has 0 radical (unpaired) electrons. The summed E-state index contributed by atoms with van der Waals surface area (Å²) in [5.41, 5.74) is 0.352. The molecule has 0 spiro atoms. The number of urea groups is 1. The van der Waals surface area contributed by atoms with Gasteiger partial charge in [0.15, 0.2) is 0 Å². The average molecular weight is 296 g/mol. The standard InChI is InChI=1S/C14H17FN2O4/c1-21-12-7-9(15)4-5-11(12)16-14(20)17-6-2-3-10(17)8-13(18)19/h4-5,7,10H,2-3,6,8H2,1H3,(H,16,20)(H,18,19). The number of carboxylic acids is 1. The van der Waals surface area contributed by atoms with Crippen LogP contribution in [0.2, 0.25) is 0 Å². The van der Waals surface area contributed by atoms with Gasteiger partial charge in [-0.15, -0.1) is 0 Å². The van der Waals surface area contributed by atoms with E-state index < -0.39 is 17.8 Å². The summed E-state index contributed by atoms with van der Waals surface area (Å²) >= 11 is 0. The molecule has 6 nitrogen and oxygen atoms in total. The molecule has 0 saturated carbocycles. The number of nitrogens with one attached hydrogen (secondary N) is 1. The van der Waals surface area contributed by atoms with Gasteiger partial charge in [-0.25, -0.2) is 9.18 Å². The summed E-state index contributed by atoms with van der Waals surface area (Å²) in [6.07, 6.45) is 1.36. The molecule has 1 heterocycles. The van der Waals surface area contributed by atoms with Crippen LogP contribution in [0.5, 0.6) is 5.75 Å². The summed E-state index contributed by atoms with van der Waals surface area (Å²) in [6, 6.07) is 3.09. The lowest BCUT2D eigenvalue weighted by atomic mass is 10.1. The van der Waals surface area contributed by atoms with Crippen molar-refractivity contribution in [2.75, 3.05) is 19.0 Å². The minimum absolute atomic E-state index is 0.0754. The van der Waals surface area contributed by atoms with E-state index in [1.807, 2.05) is 0 Å². The number of nitrogens with zero attached hydrogens (tertiary/aromatic N) is 1. The summed E-state index contributed by atoms with van der Waals surface area (Å²) in [6.45, 7) is 0.507. The lowest BCUT2D eigenvalue weighted by Crippen LogP contribution is -2.39. The number of benzene rings is 1. The topological polar surface area (TPSA) is 78.9 Å². The number of anilines is 1. The predicted octanol–water partition coefficient (Wildman–Crippen LogP) is 2.31. The molecule has 2 N–H and O–H groups in total. The number of ether oxygens (including phenoxy) is 1. The van der Waals surface area contributed by atoms with Crippen LogP contribution in [0.4, 0.5) is 14.9 Å². The molecule has 1 unspecified atom stereocenters. The second-order valence-corrected chi connectivity index (χ2v) is 4.86. The van der Waals surface area contributed by atoms with Crippen LogP contribution in [0, 0.1) is 5.82 Å². The number of aliphatic carboxylic acids is 1. The Bertz CT molecular complexity index is 550. The fourth-order valence-electron chi connectivity index (χ4n) is 2.47. The van der Waals surface area contributed by atoms with Crippen LogP contribution in [-0.2, 0) is 4.79 Å². The van der Waals surface area contributed by atoms with Crippen molar-refractivity contribution in [1.29, 1.82) is 0 Å². The van der Waals surface area contributed by atoms with E-state index in [0.29, 0.717) is 18.7 Å². The fraction of sp³-hybridized carbons (Fsp3) is 0.429. The second kappa shape index (κ2) is 6.43. The first-order valence-electron chi connectivity index (χ1n) is 6.64. The Morgan fingerprint density at radius 3 is 2.95 bits per heavy atom. The van der Waals surface area contributed by atoms with Gasteiger partial charge in [-0.3, -0.25) is 4.79 Å². The SMILES string of the molecule is COc1cc(F)ccc1NC(=O)N1CCCC1CC(=O)O. The molecule has 1 aliphatic rings. The van der Waals surface area contributed by atoms with Gasteiger partial charge in [-0.05, 0) is 25.0 Å². The van der Waals surface area contributed by atoms with Gasteiger partial charge in [0.25, 0.3) is 0 Å². The molecule has 114 valence electrons. The van der Waals surface area contributed by atoms with Crippen molar-refractivity contribution in [3.8, 4) is 5.75 Å². The molecule has 1 aliphatic heterocycles. The average Bonchev–Trinajstić information content (AvgIpc) is 2.88. The summed E-state index contributed by atoms with van der Waals surface area (Å²) in [5, 5.41) is 11.5. The van der Waals surface area contributed by atoms with E-state index in [2.05, 4.69) is 5.32 Å². The highest BCUT2D eigenvalue weighted by Gasteiger charge is 2.30. The lowest BCUT2D eigenvalue weighted by molar-refractivity contribution is -0.137. The van der Waals surface area contributed by atoms with Gasteiger partial charge in [-0.1, -0.05) is 0 Å². The maximum Gasteiger partial charge on any atom is 0.322 e. The highest BCUT2D eigenvalue weighted by molar-refractivity contribution is 5.91. The Labute approximate surface area is 121 Å². The number of rotatable bonds is 4. The third-order valence-corrected chi connectivity index (χ3v) is 3.45. The summed E-state index contributed by atoms with van der Waals surface area (Å²) in [7, 11) is 1.38. The zero-order valence-electron chi connectivity index (χ0n) is 11.6. The monoisotopic (exact) mass is 296 g/mol. The molecule has 2 rings (SSSR count). The molecule has 1 saturated heterocycles. The first-order valence-corrected chi connectivity index (χ1v) is 6.64. The van der Waals surface area contributed by atoms with E-state index in [1.54, 1.807) is 0 Å². The van der Waals surface area contributed by atoms with E-state index >= 15 is 0 Å². The maximum absolute atomic E-state index is 13.1. The Balaban J connectivity index is 2.09. The Morgan fingerprint density at radius 2 is 2.29 bits per heavy atom. The Morgan fingerprint density at radius 1 is 1.52 bits per heavy atom. The number of carbonyl (C=O) groups excluding carboxylic acids is 1. The molecule has 0 bridgehead atoms. The zero-order valence-corrected chi connectivity index (χ0v) is 11.6. The third-order valence-electron chi connectivity index (χ3n) is 3.45. The molecule has 1 aromatic carbocycles. The van der Waals surface area contributed by atoms with Crippen LogP contribution in [0.15, 0.2) is 18.2 Å². The van der Waals surface area contributed by atoms with Crippen molar-refractivity contribution in [1.82, 2.24) is 4.90 Å². The quantitative estimate of drug-likeness (QED) is 0.893.